The molecule has 0 bridgehead atoms. The van der Waals surface area contributed by atoms with E-state index in [1.165, 1.54) is 0 Å². The van der Waals surface area contributed by atoms with Gasteiger partial charge in [0.15, 0.2) is 11.5 Å². The molecule has 1 unspecified atom stereocenters. The Morgan fingerprint density at radius 2 is 2.06 bits per heavy atom. The fraction of sp³-hybridized carbons (Fsp3) is 0.538. The molecule has 0 aliphatic heterocycles. The Hall–Kier alpha value is -1.26. The number of aliphatic hydroxyl groups is 2. The lowest BCUT2D eigenvalue weighted by atomic mass is 10.2. The van der Waals surface area contributed by atoms with Crippen LogP contribution in [-0.4, -0.2) is 29.5 Å². The van der Waals surface area contributed by atoms with Crippen molar-refractivity contribution < 1.29 is 19.7 Å². The molecule has 0 amide bonds. The first-order valence-electron chi connectivity index (χ1n) is 5.85. The average molecular weight is 240 g/mol. The third-order valence-electron chi connectivity index (χ3n) is 2.31. The Morgan fingerprint density at radius 1 is 1.29 bits per heavy atom. The minimum atomic E-state index is -0.396. The van der Waals surface area contributed by atoms with Crippen molar-refractivity contribution in [1.29, 1.82) is 0 Å². The molecule has 4 heteroatoms. The molecule has 1 aromatic carbocycles. The number of aliphatic hydroxyl groups excluding tert-OH is 2. The highest BCUT2D eigenvalue weighted by atomic mass is 16.5. The van der Waals surface area contributed by atoms with Gasteiger partial charge in [-0.1, -0.05) is 12.1 Å². The first-order chi connectivity index (χ1) is 8.19. The summed E-state index contributed by atoms with van der Waals surface area (Å²) in [6.45, 7) is 4.46. The molecule has 1 atom stereocenters. The molecule has 96 valence electrons. The number of benzene rings is 1. The third kappa shape index (κ3) is 4.24. The van der Waals surface area contributed by atoms with Crippen LogP contribution in [0.1, 0.15) is 25.8 Å². The van der Waals surface area contributed by atoms with Gasteiger partial charge in [0.2, 0.25) is 0 Å². The van der Waals surface area contributed by atoms with Gasteiger partial charge in [0.25, 0.3) is 0 Å². The highest BCUT2D eigenvalue weighted by Gasteiger charge is 2.10. The molecule has 0 fully saturated rings. The van der Waals surface area contributed by atoms with Gasteiger partial charge < -0.3 is 19.7 Å². The van der Waals surface area contributed by atoms with Crippen molar-refractivity contribution in [2.24, 2.45) is 0 Å². The molecule has 4 nitrogen and oxygen atoms in total. The van der Waals surface area contributed by atoms with E-state index in [-0.39, 0.29) is 6.61 Å². The first kappa shape index (κ1) is 13.8. The van der Waals surface area contributed by atoms with Crippen molar-refractivity contribution in [3.05, 3.63) is 23.8 Å². The molecule has 0 aromatic heterocycles. The maximum atomic E-state index is 9.23. The van der Waals surface area contributed by atoms with Crippen molar-refractivity contribution in [3.63, 3.8) is 0 Å². The Balaban J connectivity index is 2.77. The summed E-state index contributed by atoms with van der Waals surface area (Å²) in [5.74, 6) is 1.20. The Labute approximate surface area is 102 Å². The summed E-state index contributed by atoms with van der Waals surface area (Å²) in [6, 6.07) is 5.42. The van der Waals surface area contributed by atoms with Crippen LogP contribution in [0.4, 0.5) is 0 Å². The SMILES string of the molecule is CCOc1cccc(CO)c1OCCC(C)O. The van der Waals surface area contributed by atoms with E-state index in [2.05, 4.69) is 0 Å². The molecule has 0 spiro atoms. The van der Waals surface area contributed by atoms with Crippen LogP contribution in [0.25, 0.3) is 0 Å². The highest BCUT2D eigenvalue weighted by Crippen LogP contribution is 2.31. The van der Waals surface area contributed by atoms with Gasteiger partial charge in [-0.25, -0.2) is 0 Å². The standard InChI is InChI=1S/C13H20O4/c1-3-16-12-6-4-5-11(9-14)13(12)17-8-7-10(2)15/h4-6,10,14-15H,3,7-9H2,1-2H3. The van der Waals surface area contributed by atoms with E-state index < -0.39 is 6.10 Å². The summed E-state index contributed by atoms with van der Waals surface area (Å²) >= 11 is 0. The molecule has 0 saturated carbocycles. The molecular weight excluding hydrogens is 220 g/mol. The molecule has 0 aliphatic carbocycles. The van der Waals surface area contributed by atoms with E-state index in [0.717, 1.165) is 0 Å². The normalized spacial score (nSPS) is 12.2. The first-order valence-corrected chi connectivity index (χ1v) is 5.85. The molecule has 17 heavy (non-hydrogen) atoms. The summed E-state index contributed by atoms with van der Waals surface area (Å²) in [7, 11) is 0. The maximum Gasteiger partial charge on any atom is 0.166 e. The summed E-state index contributed by atoms with van der Waals surface area (Å²) in [5.41, 5.74) is 0.696. The molecule has 2 N–H and O–H groups in total. The van der Waals surface area contributed by atoms with Gasteiger partial charge in [0.1, 0.15) is 0 Å². The number of ether oxygens (including phenoxy) is 2. The van der Waals surface area contributed by atoms with Crippen LogP contribution in [0.15, 0.2) is 18.2 Å². The molecule has 0 radical (unpaired) electrons. The van der Waals surface area contributed by atoms with E-state index in [0.29, 0.717) is 36.7 Å². The quantitative estimate of drug-likeness (QED) is 0.762. The fourth-order valence-corrected chi connectivity index (χ4v) is 1.45. The van der Waals surface area contributed by atoms with Gasteiger partial charge in [-0.2, -0.15) is 0 Å². The largest absolute Gasteiger partial charge is 0.490 e. The Bertz CT molecular complexity index is 336. The van der Waals surface area contributed by atoms with Crippen molar-refractivity contribution in [3.8, 4) is 11.5 Å². The number of hydrogen-bond acceptors (Lipinski definition) is 4. The van der Waals surface area contributed by atoms with Crippen LogP contribution in [0.2, 0.25) is 0 Å². The van der Waals surface area contributed by atoms with Gasteiger partial charge >= 0.3 is 0 Å². The van der Waals surface area contributed by atoms with Crippen LogP contribution >= 0.6 is 0 Å². The van der Waals surface area contributed by atoms with E-state index in [1.54, 1.807) is 19.1 Å². The van der Waals surface area contributed by atoms with Crippen LogP contribution in [-0.2, 0) is 6.61 Å². The number of hydrogen-bond donors (Lipinski definition) is 2. The molecule has 0 aliphatic rings. The van der Waals surface area contributed by atoms with E-state index in [9.17, 15) is 5.11 Å². The summed E-state index contributed by atoms with van der Waals surface area (Å²) in [5, 5.41) is 18.4. The lowest BCUT2D eigenvalue weighted by molar-refractivity contribution is 0.152. The van der Waals surface area contributed by atoms with E-state index in [4.69, 9.17) is 14.6 Å². The molecular formula is C13H20O4. The fourth-order valence-electron chi connectivity index (χ4n) is 1.45. The number of para-hydroxylation sites is 1. The Morgan fingerprint density at radius 3 is 2.65 bits per heavy atom. The monoisotopic (exact) mass is 240 g/mol. The van der Waals surface area contributed by atoms with Crippen LogP contribution in [0, 0.1) is 0 Å². The van der Waals surface area contributed by atoms with Gasteiger partial charge in [0, 0.05) is 12.0 Å². The zero-order valence-corrected chi connectivity index (χ0v) is 10.3. The molecule has 0 heterocycles. The number of rotatable bonds is 7. The van der Waals surface area contributed by atoms with Crippen LogP contribution in [0.3, 0.4) is 0 Å². The summed E-state index contributed by atoms with van der Waals surface area (Å²) < 4.78 is 11.0. The van der Waals surface area contributed by atoms with Gasteiger partial charge in [-0.15, -0.1) is 0 Å². The smallest absolute Gasteiger partial charge is 0.166 e. The van der Waals surface area contributed by atoms with Crippen molar-refractivity contribution in [2.45, 2.75) is 33.0 Å². The maximum absolute atomic E-state index is 9.23. The highest BCUT2D eigenvalue weighted by molar-refractivity contribution is 5.46. The van der Waals surface area contributed by atoms with Gasteiger partial charge in [-0.3, -0.25) is 0 Å². The molecule has 0 saturated heterocycles. The van der Waals surface area contributed by atoms with Gasteiger partial charge in [0.05, 0.1) is 25.9 Å². The average Bonchev–Trinajstić information content (AvgIpc) is 2.30. The van der Waals surface area contributed by atoms with Crippen LogP contribution < -0.4 is 9.47 Å². The predicted octanol–water partition coefficient (Wildman–Crippen LogP) is 1.73. The second-order valence-corrected chi connectivity index (χ2v) is 3.82. The minimum absolute atomic E-state index is 0.0923. The molecule has 1 aromatic rings. The van der Waals surface area contributed by atoms with Crippen molar-refractivity contribution in [1.82, 2.24) is 0 Å². The zero-order chi connectivity index (χ0) is 12.7. The van der Waals surface area contributed by atoms with Crippen molar-refractivity contribution in [2.75, 3.05) is 13.2 Å². The second kappa shape index (κ2) is 7.14. The van der Waals surface area contributed by atoms with Gasteiger partial charge in [-0.05, 0) is 19.9 Å². The van der Waals surface area contributed by atoms with E-state index >= 15 is 0 Å². The summed E-state index contributed by atoms with van der Waals surface area (Å²) in [6.07, 6.45) is 0.151. The third-order valence-corrected chi connectivity index (χ3v) is 2.31. The zero-order valence-electron chi connectivity index (χ0n) is 10.3. The van der Waals surface area contributed by atoms with Crippen molar-refractivity contribution >= 4 is 0 Å². The second-order valence-electron chi connectivity index (χ2n) is 3.82. The Kier molecular flexibility index (Phi) is 5.80. The minimum Gasteiger partial charge on any atom is -0.490 e. The lowest BCUT2D eigenvalue weighted by Gasteiger charge is -2.15. The predicted molar refractivity (Wildman–Crippen MR) is 65.3 cm³/mol. The lowest BCUT2D eigenvalue weighted by Crippen LogP contribution is -2.09. The van der Waals surface area contributed by atoms with Crippen LogP contribution in [0.5, 0.6) is 11.5 Å². The topological polar surface area (TPSA) is 58.9 Å². The molecule has 1 rings (SSSR count). The van der Waals surface area contributed by atoms with E-state index in [1.807, 2.05) is 13.0 Å². The summed E-state index contributed by atoms with van der Waals surface area (Å²) in [4.78, 5) is 0.